The maximum absolute atomic E-state index is 5.54. The Balaban J connectivity index is 2.62. The predicted octanol–water partition coefficient (Wildman–Crippen LogP) is 0.546. The molecule has 2 aromatic rings. The van der Waals surface area contributed by atoms with Gasteiger partial charge >= 0.3 is 0 Å². The molecule has 2 rings (SSSR count). The van der Waals surface area contributed by atoms with E-state index in [9.17, 15) is 0 Å². The van der Waals surface area contributed by atoms with Crippen LogP contribution in [0.15, 0.2) is 30.7 Å². The fourth-order valence-electron chi connectivity index (χ4n) is 1.21. The van der Waals surface area contributed by atoms with Crippen LogP contribution in [0.4, 0.5) is 0 Å². The van der Waals surface area contributed by atoms with Gasteiger partial charge in [-0.2, -0.15) is 0 Å². The van der Waals surface area contributed by atoms with Gasteiger partial charge in [-0.05, 0) is 17.7 Å². The van der Waals surface area contributed by atoms with E-state index in [1.807, 2.05) is 18.2 Å². The number of rotatable bonds is 1. The van der Waals surface area contributed by atoms with Gasteiger partial charge in [0.2, 0.25) is 0 Å². The number of hydrogen-bond donors (Lipinski definition) is 2. The van der Waals surface area contributed by atoms with E-state index in [1.54, 1.807) is 6.20 Å². The molecule has 0 saturated carbocycles. The number of nitrogens with zero attached hydrogens (tertiary/aromatic N) is 2. The van der Waals surface area contributed by atoms with Crippen molar-refractivity contribution in [2.75, 3.05) is 0 Å². The molecule has 0 atom stereocenters. The quantitative estimate of drug-likeness (QED) is 0.619. The van der Waals surface area contributed by atoms with Crippen molar-refractivity contribution in [2.24, 2.45) is 11.5 Å². The van der Waals surface area contributed by atoms with Gasteiger partial charge < -0.3 is 11.5 Å². The zero-order valence-corrected chi connectivity index (χ0v) is 7.01. The van der Waals surface area contributed by atoms with E-state index >= 15 is 0 Å². The first-order chi connectivity index (χ1) is 6.27. The molecule has 0 amide bonds. The van der Waals surface area contributed by atoms with Crippen LogP contribution in [0.5, 0.6) is 0 Å². The van der Waals surface area contributed by atoms with Gasteiger partial charge in [0, 0.05) is 11.6 Å². The zero-order valence-electron chi connectivity index (χ0n) is 7.01. The van der Waals surface area contributed by atoms with Gasteiger partial charge in [0.25, 0.3) is 0 Å². The van der Waals surface area contributed by atoms with Crippen LogP contribution in [0.25, 0.3) is 10.9 Å². The topological polar surface area (TPSA) is 77.8 Å². The molecule has 0 fully saturated rings. The Hall–Kier alpha value is -1.52. The largest absolute Gasteiger partial charge is 0.312 e. The molecule has 0 bridgehead atoms. The van der Waals surface area contributed by atoms with Crippen molar-refractivity contribution < 1.29 is 0 Å². The summed E-state index contributed by atoms with van der Waals surface area (Å²) >= 11 is 0. The van der Waals surface area contributed by atoms with E-state index < -0.39 is 6.17 Å². The first-order valence-corrected chi connectivity index (χ1v) is 3.98. The van der Waals surface area contributed by atoms with Crippen LogP contribution in [-0.4, -0.2) is 9.97 Å². The van der Waals surface area contributed by atoms with E-state index in [0.29, 0.717) is 0 Å². The minimum absolute atomic E-state index is 0.440. The molecule has 13 heavy (non-hydrogen) atoms. The fraction of sp³-hybridized carbons (Fsp3) is 0.111. The Morgan fingerprint density at radius 3 is 2.85 bits per heavy atom. The molecule has 66 valence electrons. The van der Waals surface area contributed by atoms with Gasteiger partial charge in [0.05, 0.1) is 11.7 Å². The highest BCUT2D eigenvalue weighted by molar-refractivity contribution is 5.78. The van der Waals surface area contributed by atoms with Gasteiger partial charge in [-0.1, -0.05) is 6.07 Å². The average molecular weight is 174 g/mol. The van der Waals surface area contributed by atoms with E-state index in [1.165, 1.54) is 6.33 Å². The van der Waals surface area contributed by atoms with Crippen molar-refractivity contribution in [3.63, 3.8) is 0 Å². The number of hydrogen-bond acceptors (Lipinski definition) is 4. The minimum atomic E-state index is -0.440. The summed E-state index contributed by atoms with van der Waals surface area (Å²) in [5.74, 6) is 0. The van der Waals surface area contributed by atoms with Gasteiger partial charge in [-0.25, -0.2) is 9.97 Å². The molecule has 0 unspecified atom stereocenters. The fourth-order valence-corrected chi connectivity index (χ4v) is 1.21. The smallest absolute Gasteiger partial charge is 0.116 e. The highest BCUT2D eigenvalue weighted by atomic mass is 14.8. The summed E-state index contributed by atoms with van der Waals surface area (Å²) in [6, 6.07) is 5.67. The van der Waals surface area contributed by atoms with E-state index in [4.69, 9.17) is 11.5 Å². The molecule has 4 heteroatoms. The molecular weight excluding hydrogens is 164 g/mol. The molecule has 4 nitrogen and oxygen atoms in total. The van der Waals surface area contributed by atoms with Crippen molar-refractivity contribution >= 4 is 10.9 Å². The zero-order chi connectivity index (χ0) is 9.26. The molecule has 4 N–H and O–H groups in total. The third kappa shape index (κ3) is 1.49. The highest BCUT2D eigenvalue weighted by Crippen LogP contribution is 2.14. The van der Waals surface area contributed by atoms with E-state index in [-0.39, 0.29) is 0 Å². The number of aromatic nitrogens is 2. The summed E-state index contributed by atoms with van der Waals surface area (Å²) < 4.78 is 0. The lowest BCUT2D eigenvalue weighted by Gasteiger charge is -2.05. The Labute approximate surface area is 75.6 Å². The molecule has 0 spiro atoms. The van der Waals surface area contributed by atoms with Gasteiger partial charge in [0.15, 0.2) is 0 Å². The number of nitrogens with two attached hydrogens (primary N) is 2. The van der Waals surface area contributed by atoms with Crippen molar-refractivity contribution in [1.29, 1.82) is 0 Å². The summed E-state index contributed by atoms with van der Waals surface area (Å²) in [4.78, 5) is 8.01. The van der Waals surface area contributed by atoms with Crippen LogP contribution >= 0.6 is 0 Å². The van der Waals surface area contributed by atoms with Crippen LogP contribution < -0.4 is 11.5 Å². The Kier molecular flexibility index (Phi) is 1.92. The van der Waals surface area contributed by atoms with E-state index in [2.05, 4.69) is 9.97 Å². The lowest BCUT2D eigenvalue weighted by molar-refractivity contribution is 0.775. The van der Waals surface area contributed by atoms with Crippen LogP contribution in [0.1, 0.15) is 11.7 Å². The standard InChI is InChI=1S/C9H10N4/c10-9(11)6-1-2-8-7(3-6)4-12-5-13-8/h1-5,9H,10-11H2. The second-order valence-corrected chi connectivity index (χ2v) is 2.87. The van der Waals surface area contributed by atoms with Crippen LogP contribution in [0, 0.1) is 0 Å². The lowest BCUT2D eigenvalue weighted by atomic mass is 10.1. The van der Waals surface area contributed by atoms with Gasteiger partial charge in [0.1, 0.15) is 6.33 Å². The second kappa shape index (κ2) is 3.08. The maximum Gasteiger partial charge on any atom is 0.116 e. The molecule has 0 radical (unpaired) electrons. The predicted molar refractivity (Wildman–Crippen MR) is 50.7 cm³/mol. The molecule has 1 aromatic heterocycles. The van der Waals surface area contributed by atoms with Crippen LogP contribution in [0.3, 0.4) is 0 Å². The van der Waals surface area contributed by atoms with Gasteiger partial charge in [-0.15, -0.1) is 0 Å². The molecule has 0 aliphatic carbocycles. The first-order valence-electron chi connectivity index (χ1n) is 3.98. The third-order valence-electron chi connectivity index (χ3n) is 1.91. The molecular formula is C9H10N4. The summed E-state index contributed by atoms with van der Waals surface area (Å²) in [6.45, 7) is 0. The van der Waals surface area contributed by atoms with Crippen molar-refractivity contribution in [2.45, 2.75) is 6.17 Å². The molecule has 1 heterocycles. The second-order valence-electron chi connectivity index (χ2n) is 2.87. The Morgan fingerprint density at radius 1 is 1.23 bits per heavy atom. The summed E-state index contributed by atoms with van der Waals surface area (Å²) in [5.41, 5.74) is 12.9. The van der Waals surface area contributed by atoms with E-state index in [0.717, 1.165) is 16.5 Å². The van der Waals surface area contributed by atoms with Gasteiger partial charge in [-0.3, -0.25) is 0 Å². The molecule has 0 aliphatic rings. The van der Waals surface area contributed by atoms with Crippen LogP contribution in [0.2, 0.25) is 0 Å². The molecule has 0 aliphatic heterocycles. The molecule has 0 saturated heterocycles. The summed E-state index contributed by atoms with van der Waals surface area (Å²) in [5, 5.41) is 0.959. The summed E-state index contributed by atoms with van der Waals surface area (Å²) in [6.07, 6.45) is 2.82. The van der Waals surface area contributed by atoms with Crippen molar-refractivity contribution in [3.8, 4) is 0 Å². The minimum Gasteiger partial charge on any atom is -0.312 e. The maximum atomic E-state index is 5.54. The third-order valence-corrected chi connectivity index (χ3v) is 1.91. The first kappa shape index (κ1) is 8.10. The SMILES string of the molecule is NC(N)c1ccc2ncncc2c1. The number of benzene rings is 1. The average Bonchev–Trinajstić information content (AvgIpc) is 2.17. The number of fused-ring (bicyclic) bond motifs is 1. The normalized spacial score (nSPS) is 11.0. The Morgan fingerprint density at radius 2 is 2.08 bits per heavy atom. The summed E-state index contributed by atoms with van der Waals surface area (Å²) in [7, 11) is 0. The van der Waals surface area contributed by atoms with Crippen molar-refractivity contribution in [1.82, 2.24) is 9.97 Å². The Bertz CT molecular complexity index is 425. The lowest BCUT2D eigenvalue weighted by Crippen LogP contribution is -2.19. The van der Waals surface area contributed by atoms with Crippen molar-refractivity contribution in [3.05, 3.63) is 36.3 Å². The molecule has 1 aromatic carbocycles. The van der Waals surface area contributed by atoms with Crippen LogP contribution in [-0.2, 0) is 0 Å². The monoisotopic (exact) mass is 174 g/mol. The highest BCUT2D eigenvalue weighted by Gasteiger charge is 2.00.